The second-order valence-electron chi connectivity index (χ2n) is 13.4. The van der Waals surface area contributed by atoms with E-state index in [9.17, 15) is 15.2 Å². The summed E-state index contributed by atoms with van der Waals surface area (Å²) >= 11 is 0. The van der Waals surface area contributed by atoms with E-state index in [0.29, 0.717) is 22.9 Å². The van der Waals surface area contributed by atoms with Gasteiger partial charge in [0.1, 0.15) is 17.9 Å². The van der Waals surface area contributed by atoms with Gasteiger partial charge in [0.05, 0.1) is 12.7 Å². The van der Waals surface area contributed by atoms with Gasteiger partial charge in [-0.3, -0.25) is 4.90 Å². The Morgan fingerprint density at radius 2 is 1.96 bits per heavy atom. The molecule has 45 heavy (non-hydrogen) atoms. The van der Waals surface area contributed by atoms with Gasteiger partial charge in [0.25, 0.3) is 0 Å². The number of methoxy groups -OCH3 is 1. The largest absolute Gasteiger partial charge is 1.00 e. The van der Waals surface area contributed by atoms with E-state index in [0.717, 1.165) is 66.8 Å². The molecule has 1 aromatic heterocycles. The number of likely N-dealkylation sites (tertiary alicyclic amines) is 1. The minimum absolute atomic E-state index is 0. The minimum Gasteiger partial charge on any atom is -0.550 e. The number of ether oxygens (including phenoxy) is 2. The Morgan fingerprint density at radius 1 is 1.13 bits per heavy atom. The molecule has 7 nitrogen and oxygen atoms in total. The number of fused-ring (bicyclic) bond motifs is 1. The van der Waals surface area contributed by atoms with Crippen LogP contribution in [0.5, 0.6) is 11.6 Å². The van der Waals surface area contributed by atoms with Gasteiger partial charge in [-0.1, -0.05) is 43.7 Å². The third-order valence-electron chi connectivity index (χ3n) is 10.6. The number of aliphatic carboxylic acids is 1. The number of carbonyl (C=O) groups is 1. The maximum absolute atomic E-state index is 11.8. The number of hydrogen-bond acceptors (Lipinski definition) is 7. The third-order valence-corrected chi connectivity index (χ3v) is 10.6. The van der Waals surface area contributed by atoms with Gasteiger partial charge >= 0.3 is 29.6 Å². The standard InChI is InChI=1S/C37H41N3O4.Na/c1-23(36(41)42)35(25-6-7-25)27-8-5-24-10-12-32(44-33(24)18-27)26-9-11-30(31-19-34(43-2)39-21-29(31)20-38)28(17-26)22-40-16-4-3-13-37(40)14-15-37;/h5,8-9,11,17-19,21,23,25,32,35H,3-4,6-7,10,12-16,22H2,1-2H3,(H,41,42);/q;+1/p-1/t23-,32?,35-;/m0./s1. The van der Waals surface area contributed by atoms with Crippen LogP contribution in [-0.2, 0) is 17.8 Å². The molecule has 2 aromatic carbocycles. The number of benzene rings is 2. The minimum atomic E-state index is -0.987. The Hall–Kier alpha value is -2.89. The van der Waals surface area contributed by atoms with Crippen LogP contribution in [0.15, 0.2) is 48.7 Å². The third kappa shape index (κ3) is 6.40. The summed E-state index contributed by atoms with van der Waals surface area (Å²) in [5.41, 5.74) is 7.27. The van der Waals surface area contributed by atoms with E-state index in [4.69, 9.17) is 9.47 Å². The number of aromatic nitrogens is 1. The number of aryl methyl sites for hydroxylation is 1. The second kappa shape index (κ2) is 13.1. The van der Waals surface area contributed by atoms with E-state index in [1.165, 1.54) is 43.2 Å². The monoisotopic (exact) mass is 613 g/mol. The quantitative estimate of drug-likeness (QED) is 0.342. The van der Waals surface area contributed by atoms with Crippen LogP contribution in [0.25, 0.3) is 11.1 Å². The summed E-state index contributed by atoms with van der Waals surface area (Å²) < 4.78 is 12.2. The summed E-state index contributed by atoms with van der Waals surface area (Å²) in [7, 11) is 1.60. The summed E-state index contributed by atoms with van der Waals surface area (Å²) in [6.07, 6.45) is 11.7. The van der Waals surface area contributed by atoms with Crippen LogP contribution in [-0.4, -0.2) is 35.0 Å². The summed E-state index contributed by atoms with van der Waals surface area (Å²) in [6.45, 7) is 3.70. The number of carbonyl (C=O) groups excluding carboxylic acids is 1. The summed E-state index contributed by atoms with van der Waals surface area (Å²) in [6, 6.07) is 17.1. The zero-order valence-corrected chi connectivity index (χ0v) is 28.7. The van der Waals surface area contributed by atoms with Crippen LogP contribution in [0.3, 0.4) is 0 Å². The van der Waals surface area contributed by atoms with Crippen molar-refractivity contribution in [3.8, 4) is 28.8 Å². The summed E-state index contributed by atoms with van der Waals surface area (Å²) in [5, 5.41) is 21.8. The molecule has 1 saturated heterocycles. The predicted octanol–water partition coefficient (Wildman–Crippen LogP) is 3.10. The average Bonchev–Trinajstić information content (AvgIpc) is 3.99. The van der Waals surface area contributed by atoms with Gasteiger partial charge < -0.3 is 19.4 Å². The molecule has 2 aliphatic heterocycles. The van der Waals surface area contributed by atoms with Crippen LogP contribution in [0.2, 0.25) is 0 Å². The molecule has 2 saturated carbocycles. The van der Waals surface area contributed by atoms with Crippen LogP contribution >= 0.6 is 0 Å². The van der Waals surface area contributed by atoms with E-state index in [1.807, 2.05) is 6.07 Å². The Labute approximate surface area is 288 Å². The normalized spacial score (nSPS) is 21.4. The Morgan fingerprint density at radius 3 is 2.67 bits per heavy atom. The van der Waals surface area contributed by atoms with Crippen LogP contribution in [0.1, 0.15) is 98.1 Å². The van der Waals surface area contributed by atoms with Gasteiger partial charge in [-0.15, -0.1) is 0 Å². The van der Waals surface area contributed by atoms with Crippen molar-refractivity contribution >= 4 is 5.97 Å². The van der Waals surface area contributed by atoms with Crippen molar-refractivity contribution in [1.29, 1.82) is 5.26 Å². The zero-order chi connectivity index (χ0) is 30.4. The average molecular weight is 614 g/mol. The molecule has 3 fully saturated rings. The number of pyridine rings is 1. The molecule has 7 rings (SSSR count). The summed E-state index contributed by atoms with van der Waals surface area (Å²) in [5.74, 6) is 0.172. The van der Waals surface area contributed by atoms with Gasteiger partial charge in [-0.25, -0.2) is 4.98 Å². The van der Waals surface area contributed by atoms with Crippen LogP contribution < -0.4 is 44.1 Å². The van der Waals surface area contributed by atoms with Gasteiger partial charge in [-0.05, 0) is 104 Å². The van der Waals surface area contributed by atoms with E-state index in [1.54, 1.807) is 20.2 Å². The fraction of sp³-hybridized carbons (Fsp3) is 0.486. The van der Waals surface area contributed by atoms with Crippen molar-refractivity contribution in [2.24, 2.45) is 11.8 Å². The van der Waals surface area contributed by atoms with E-state index in [-0.39, 0.29) is 41.6 Å². The van der Waals surface area contributed by atoms with Crippen molar-refractivity contribution in [2.45, 2.75) is 88.8 Å². The fourth-order valence-corrected chi connectivity index (χ4v) is 7.78. The number of carboxylic acids is 1. The SMILES string of the molecule is COc1cc(-c2ccc(C3CCc4ccc([C@H](C5CC5)[C@H](C)C(=O)[O-])cc4O3)cc2CN2CCCCC23CC3)c(C#N)cn1.[Na+]. The zero-order valence-electron chi connectivity index (χ0n) is 26.7. The number of hydrogen-bond donors (Lipinski definition) is 0. The first-order valence-electron chi connectivity index (χ1n) is 16.2. The maximum atomic E-state index is 11.8. The van der Waals surface area contributed by atoms with Crippen LogP contribution in [0, 0.1) is 23.2 Å². The van der Waals surface area contributed by atoms with Gasteiger partial charge in [0.2, 0.25) is 5.88 Å². The molecule has 4 aliphatic rings. The fourth-order valence-electron chi connectivity index (χ4n) is 7.78. The number of carboxylic acid groups (broad SMARTS) is 1. The molecule has 228 valence electrons. The maximum Gasteiger partial charge on any atom is 1.00 e. The molecule has 3 heterocycles. The summed E-state index contributed by atoms with van der Waals surface area (Å²) in [4.78, 5) is 18.8. The van der Waals surface area contributed by atoms with Gasteiger partial charge in [-0.2, -0.15) is 5.26 Å². The Kier molecular flexibility index (Phi) is 9.32. The Bertz CT molecular complexity index is 1630. The smallest absolute Gasteiger partial charge is 0.550 e. The topological polar surface area (TPSA) is 98.5 Å². The first kappa shape index (κ1) is 32.1. The predicted molar refractivity (Wildman–Crippen MR) is 165 cm³/mol. The van der Waals surface area contributed by atoms with E-state index >= 15 is 0 Å². The molecule has 0 N–H and O–H groups in total. The molecule has 0 bridgehead atoms. The second-order valence-corrected chi connectivity index (χ2v) is 13.4. The van der Waals surface area contributed by atoms with Gasteiger partial charge in [0.15, 0.2) is 0 Å². The number of piperidine rings is 1. The first-order valence-corrected chi connectivity index (χ1v) is 16.2. The molecule has 8 heteroatoms. The van der Waals surface area contributed by atoms with Gasteiger partial charge in [0, 0.05) is 41.8 Å². The molecule has 3 aromatic rings. The van der Waals surface area contributed by atoms with Crippen molar-refractivity contribution in [3.05, 3.63) is 76.5 Å². The molecule has 0 amide bonds. The van der Waals surface area contributed by atoms with E-state index < -0.39 is 11.9 Å². The molecule has 1 spiro atoms. The molecule has 0 radical (unpaired) electrons. The van der Waals surface area contributed by atoms with Crippen molar-refractivity contribution in [1.82, 2.24) is 9.88 Å². The van der Waals surface area contributed by atoms with Crippen molar-refractivity contribution in [3.63, 3.8) is 0 Å². The number of nitriles is 1. The molecule has 1 unspecified atom stereocenters. The first-order chi connectivity index (χ1) is 21.4. The van der Waals surface area contributed by atoms with Crippen LogP contribution in [0.4, 0.5) is 0 Å². The molecular formula is C37H40N3NaO4. The van der Waals surface area contributed by atoms with Crippen molar-refractivity contribution in [2.75, 3.05) is 13.7 Å². The number of nitrogens with zero attached hydrogens (tertiary/aromatic N) is 3. The van der Waals surface area contributed by atoms with Crippen molar-refractivity contribution < 1.29 is 48.9 Å². The molecule has 2 aliphatic carbocycles. The number of rotatable bonds is 9. The Balaban J connectivity index is 0.00000357. The van der Waals surface area contributed by atoms with E-state index in [2.05, 4.69) is 52.4 Å². The molecule has 3 atom stereocenters. The molecular weight excluding hydrogens is 573 g/mol.